The van der Waals surface area contributed by atoms with Gasteiger partial charge in [0, 0.05) is 78.8 Å². The average Bonchev–Trinajstić information content (AvgIpc) is 3.82. The summed E-state index contributed by atoms with van der Waals surface area (Å²) in [5.41, 5.74) is 8.14. The summed E-state index contributed by atoms with van der Waals surface area (Å²) in [7, 11) is -0.868. The summed E-state index contributed by atoms with van der Waals surface area (Å²) in [5, 5.41) is 20.4. The Balaban J connectivity index is 1.10. The predicted octanol–water partition coefficient (Wildman–Crippen LogP) is 7.97. The molecule has 1 unspecified atom stereocenters. The zero-order valence-electron chi connectivity index (χ0n) is 40.3. The molecule has 6 aromatic rings. The first kappa shape index (κ1) is 46.0. The summed E-state index contributed by atoms with van der Waals surface area (Å²) in [4.78, 5) is 42.2. The number of aliphatic hydroxyl groups is 1. The second-order valence-corrected chi connectivity index (χ2v) is 23.3. The highest BCUT2D eigenvalue weighted by Gasteiger charge is 2.60. The van der Waals surface area contributed by atoms with Gasteiger partial charge in [-0.1, -0.05) is 26.8 Å². The number of amidine groups is 1. The van der Waals surface area contributed by atoms with E-state index in [0.717, 1.165) is 34.7 Å². The van der Waals surface area contributed by atoms with Crippen molar-refractivity contribution in [3.05, 3.63) is 117 Å². The van der Waals surface area contributed by atoms with E-state index in [1.54, 1.807) is 59.2 Å². The van der Waals surface area contributed by atoms with Gasteiger partial charge in [0.15, 0.2) is 5.84 Å². The number of carbonyl (C=O) groups is 1. The topological polar surface area (TPSA) is 162 Å². The number of rotatable bonds is 11. The number of nitrogens with one attached hydrogen (secondary N) is 2. The van der Waals surface area contributed by atoms with Crippen LogP contribution in [0.4, 0.5) is 10.1 Å². The molecule has 4 aliphatic rings. The maximum atomic E-state index is 15.6. The number of nitrogens with zero attached hydrogens (tertiary/aromatic N) is 7. The van der Waals surface area contributed by atoms with Gasteiger partial charge in [-0.25, -0.2) is 29.2 Å². The van der Waals surface area contributed by atoms with Gasteiger partial charge in [-0.05, 0) is 131 Å². The molecule has 1 aliphatic carbocycles. The Morgan fingerprint density at radius 3 is 2.37 bits per heavy atom. The molecule has 68 heavy (non-hydrogen) atoms. The van der Waals surface area contributed by atoms with E-state index in [-0.39, 0.29) is 34.9 Å². The molecule has 3 aromatic heterocycles. The molecule has 5 atom stereocenters. The number of hydrogen-bond donors (Lipinski definition) is 3. The highest BCUT2D eigenvalue weighted by atomic mass is 31.2. The van der Waals surface area contributed by atoms with Crippen molar-refractivity contribution in [1.29, 1.82) is 0 Å². The summed E-state index contributed by atoms with van der Waals surface area (Å²) in [6, 6.07) is 16.8. The minimum atomic E-state index is -2.65. The number of halogens is 1. The van der Waals surface area contributed by atoms with Gasteiger partial charge >= 0.3 is 5.69 Å². The van der Waals surface area contributed by atoms with E-state index in [1.165, 1.54) is 5.56 Å². The maximum Gasteiger partial charge on any atom is 0.338 e. The highest BCUT2D eigenvalue weighted by Crippen LogP contribution is 2.54. The number of carbonyl (C=O) groups excluding carboxylic acids is 1. The van der Waals surface area contributed by atoms with Crippen molar-refractivity contribution in [2.45, 2.75) is 111 Å². The lowest BCUT2D eigenvalue weighted by Gasteiger charge is -2.35. The molecule has 3 aromatic carbocycles. The number of aliphatic hydroxyl groups excluding tert-OH is 1. The SMILES string of the molecule is CCP(=O)(CC)c1ccc(-n2ccn(-c3c4c(nn3-c3cc(C)c(F)c(C)c3)CCN(C(=O)c3cc5cc([C@H]6CCOC(C)(C)C6)ccc5n3[C@@]3(C5=NC(O)ON5)C[C@@H]3C)[C@H]4C)c2=O)cc1NC. The van der Waals surface area contributed by atoms with Crippen LogP contribution >= 0.6 is 7.14 Å². The molecule has 0 spiro atoms. The summed E-state index contributed by atoms with van der Waals surface area (Å²) < 4.78 is 42.0. The summed E-state index contributed by atoms with van der Waals surface area (Å²) in [6.07, 6.45) is 5.89. The van der Waals surface area contributed by atoms with Crippen molar-refractivity contribution in [1.82, 2.24) is 33.9 Å². The lowest BCUT2D eigenvalue weighted by Crippen LogP contribution is -2.43. The number of ether oxygens (including phenoxy) is 1. The largest absolute Gasteiger partial charge is 0.387 e. The monoisotopic (exact) mass is 945 g/mol. The first-order valence-corrected chi connectivity index (χ1v) is 25.9. The Bertz CT molecular complexity index is 3130. The molecule has 6 heterocycles. The summed E-state index contributed by atoms with van der Waals surface area (Å²) in [6.45, 7) is 16.6. The zero-order valence-corrected chi connectivity index (χ0v) is 41.2. The Kier molecular flexibility index (Phi) is 11.3. The van der Waals surface area contributed by atoms with Crippen molar-refractivity contribution >= 4 is 40.8 Å². The van der Waals surface area contributed by atoms with E-state index < -0.39 is 25.1 Å². The number of hydroxylamine groups is 1. The van der Waals surface area contributed by atoms with Gasteiger partial charge < -0.3 is 29.2 Å². The Labute approximate surface area is 395 Å². The van der Waals surface area contributed by atoms with Crippen LogP contribution in [-0.4, -0.2) is 89.8 Å². The van der Waals surface area contributed by atoms with Crippen molar-refractivity contribution in [2.24, 2.45) is 10.9 Å². The van der Waals surface area contributed by atoms with E-state index in [4.69, 9.17) is 14.7 Å². The normalized spacial score (nSPS) is 23.4. The average molecular weight is 946 g/mol. The first-order valence-electron chi connectivity index (χ1n) is 23.8. The van der Waals surface area contributed by atoms with E-state index in [1.807, 2.05) is 49.9 Å². The molecular formula is C51H61FN9O6P. The van der Waals surface area contributed by atoms with Crippen LogP contribution in [0.1, 0.15) is 111 Å². The second-order valence-electron chi connectivity index (χ2n) is 19.7. The van der Waals surface area contributed by atoms with Crippen LogP contribution in [0.25, 0.3) is 28.1 Å². The van der Waals surface area contributed by atoms with Crippen LogP contribution in [0.5, 0.6) is 0 Å². The zero-order chi connectivity index (χ0) is 48.2. The van der Waals surface area contributed by atoms with Gasteiger partial charge in [0.1, 0.15) is 30.0 Å². The van der Waals surface area contributed by atoms with Crippen LogP contribution in [0.3, 0.4) is 0 Å². The van der Waals surface area contributed by atoms with E-state index in [0.29, 0.717) is 89.4 Å². The molecule has 2 fully saturated rings. The van der Waals surface area contributed by atoms with Crippen LogP contribution in [-0.2, 0) is 26.1 Å². The minimum Gasteiger partial charge on any atom is -0.387 e. The second kappa shape index (κ2) is 16.7. The first-order chi connectivity index (χ1) is 32.4. The number of aliphatic imine (C=N–C) groups is 1. The molecule has 0 radical (unpaired) electrons. The van der Waals surface area contributed by atoms with E-state index in [9.17, 15) is 14.5 Å². The fourth-order valence-electron chi connectivity index (χ4n) is 11.3. The molecule has 3 aliphatic heterocycles. The van der Waals surface area contributed by atoms with Gasteiger partial charge in [-0.2, -0.15) is 5.10 Å². The third-order valence-electron chi connectivity index (χ3n) is 15.2. The van der Waals surface area contributed by atoms with Crippen LogP contribution in [0, 0.1) is 25.6 Å². The van der Waals surface area contributed by atoms with Crippen LogP contribution < -0.4 is 21.8 Å². The van der Waals surface area contributed by atoms with Gasteiger partial charge in [0.2, 0.25) is 0 Å². The third-order valence-corrected chi connectivity index (χ3v) is 18.5. The Morgan fingerprint density at radius 2 is 1.72 bits per heavy atom. The van der Waals surface area contributed by atoms with E-state index >= 15 is 9.18 Å². The number of benzene rings is 3. The number of anilines is 1. The lowest BCUT2D eigenvalue weighted by atomic mass is 9.83. The van der Waals surface area contributed by atoms with E-state index in [2.05, 4.69) is 59.3 Å². The molecule has 17 heteroatoms. The van der Waals surface area contributed by atoms with Crippen molar-refractivity contribution in [3.63, 3.8) is 0 Å². The Morgan fingerprint density at radius 1 is 1.00 bits per heavy atom. The maximum absolute atomic E-state index is 15.6. The van der Waals surface area contributed by atoms with Gasteiger partial charge in [0.25, 0.3) is 12.3 Å². The number of fused-ring (bicyclic) bond motifs is 2. The number of aryl methyl sites for hydroxylation is 2. The van der Waals surface area contributed by atoms with Gasteiger partial charge in [-0.3, -0.25) is 13.9 Å². The number of imidazole rings is 1. The number of hydrogen-bond acceptors (Lipinski definition) is 10. The quantitative estimate of drug-likeness (QED) is 0.109. The van der Waals surface area contributed by atoms with Gasteiger partial charge in [-0.15, -0.1) is 0 Å². The standard InChI is InChI=1S/C51H61FN9O6P/c1-10-68(65,11-2)42-15-13-36(26-39(42)53-9)58-19-20-59(49(58)64)45-43-32(6)57(18-16-38(43)55-61(45)37-22-29(3)44(52)30(4)23-37)46(62)41-25-35-24-33(34-17-21-66-50(7,8)28-34)12-14-40(35)60(41)51(27-31(51)5)47-54-48(63)67-56-47/h12-15,19-20,22-26,31-32,34,48,53,63H,10-11,16-18,21,27-28H2,1-9H3,(H,54,56)/t31-,32-,34-,48?,51-/m0/s1. The fraction of sp³-hybridized carbons (Fsp3) is 0.451. The molecule has 1 saturated carbocycles. The van der Waals surface area contributed by atoms with Crippen LogP contribution in [0.15, 0.2) is 76.8 Å². The number of amides is 1. The molecule has 1 amide bonds. The van der Waals surface area contributed by atoms with Crippen molar-refractivity contribution < 1.29 is 28.4 Å². The smallest absolute Gasteiger partial charge is 0.338 e. The van der Waals surface area contributed by atoms with Gasteiger partial charge in [0.05, 0.1) is 28.7 Å². The minimum absolute atomic E-state index is 0.0534. The highest BCUT2D eigenvalue weighted by molar-refractivity contribution is 7.71. The third kappa shape index (κ3) is 7.28. The molecule has 1 saturated heterocycles. The summed E-state index contributed by atoms with van der Waals surface area (Å²) >= 11 is 0. The molecule has 15 nitrogen and oxygen atoms in total. The Hall–Kier alpha value is -5.80. The van der Waals surface area contributed by atoms with Crippen molar-refractivity contribution in [2.75, 3.05) is 37.8 Å². The molecular weight excluding hydrogens is 885 g/mol. The summed E-state index contributed by atoms with van der Waals surface area (Å²) in [5.74, 6) is 0.724. The lowest BCUT2D eigenvalue weighted by molar-refractivity contribution is -0.103. The molecule has 358 valence electrons. The van der Waals surface area contributed by atoms with Crippen LogP contribution in [0.2, 0.25) is 0 Å². The number of aromatic nitrogens is 5. The molecule has 3 N–H and O–H groups in total. The molecule has 0 bridgehead atoms. The predicted molar refractivity (Wildman–Crippen MR) is 262 cm³/mol. The fourth-order valence-corrected chi connectivity index (χ4v) is 13.4. The molecule has 10 rings (SSSR count). The van der Waals surface area contributed by atoms with Crippen molar-refractivity contribution in [3.8, 4) is 17.2 Å².